The number of nitrogens with zero attached hydrogens (tertiary/aromatic N) is 3. The minimum atomic E-state index is -4.43. The number of hydrogen-bond acceptors (Lipinski definition) is 6. The number of pyridine rings is 1. The maximum atomic E-state index is 13.0. The molecule has 34 heavy (non-hydrogen) atoms. The Morgan fingerprint density at radius 2 is 1.94 bits per heavy atom. The number of imidazole rings is 1. The van der Waals surface area contributed by atoms with Crippen molar-refractivity contribution < 1.29 is 27.8 Å². The standard InChI is InChI=1S/C22H23F3N4O4S/c1-3-4-11-33-20(31)27-18-12-15(9-10-26-18)13-28-14(2)19(30)29(21(28)32)16-5-7-17(8-6-16)34-22(23,24)25/h5-10,12,30H,3-4,11,13H2,1-2H3,(H,26,27,31). The zero-order valence-electron chi connectivity index (χ0n) is 18.4. The van der Waals surface area contributed by atoms with E-state index in [2.05, 4.69) is 10.3 Å². The van der Waals surface area contributed by atoms with Gasteiger partial charge in [0.15, 0.2) is 0 Å². The van der Waals surface area contributed by atoms with Gasteiger partial charge in [0.1, 0.15) is 5.82 Å². The normalized spacial score (nSPS) is 11.4. The molecule has 0 radical (unpaired) electrons. The minimum Gasteiger partial charge on any atom is -0.493 e. The molecule has 0 saturated carbocycles. The Bertz CT molecular complexity index is 1210. The van der Waals surface area contributed by atoms with Crippen molar-refractivity contribution in [2.24, 2.45) is 0 Å². The third-order valence-electron chi connectivity index (χ3n) is 4.82. The van der Waals surface area contributed by atoms with Crippen molar-refractivity contribution in [2.75, 3.05) is 11.9 Å². The highest BCUT2D eigenvalue weighted by atomic mass is 32.2. The minimum absolute atomic E-state index is 0.0371. The highest BCUT2D eigenvalue weighted by Gasteiger charge is 2.29. The van der Waals surface area contributed by atoms with Crippen LogP contribution >= 0.6 is 11.8 Å². The maximum absolute atomic E-state index is 13.0. The average molecular weight is 497 g/mol. The molecule has 1 amide bonds. The molecule has 0 aliphatic heterocycles. The van der Waals surface area contributed by atoms with Crippen molar-refractivity contribution in [1.82, 2.24) is 14.1 Å². The van der Waals surface area contributed by atoms with E-state index in [0.717, 1.165) is 17.4 Å². The number of nitrogens with one attached hydrogen (secondary N) is 1. The largest absolute Gasteiger partial charge is 0.493 e. The van der Waals surface area contributed by atoms with Gasteiger partial charge < -0.3 is 9.84 Å². The zero-order valence-corrected chi connectivity index (χ0v) is 19.2. The van der Waals surface area contributed by atoms with E-state index >= 15 is 0 Å². The smallest absolute Gasteiger partial charge is 0.446 e. The van der Waals surface area contributed by atoms with Gasteiger partial charge in [0, 0.05) is 11.1 Å². The second kappa shape index (κ2) is 10.7. The molecule has 2 aromatic heterocycles. The molecular weight excluding hydrogens is 473 g/mol. The lowest BCUT2D eigenvalue weighted by atomic mass is 10.2. The van der Waals surface area contributed by atoms with Gasteiger partial charge in [0.05, 0.1) is 24.5 Å². The lowest BCUT2D eigenvalue weighted by molar-refractivity contribution is -0.0328. The number of alkyl halides is 3. The Hall–Kier alpha value is -3.41. The molecule has 0 aliphatic rings. The predicted molar refractivity (Wildman–Crippen MR) is 122 cm³/mol. The molecule has 8 nitrogen and oxygen atoms in total. The molecule has 0 aliphatic carbocycles. The molecule has 2 N–H and O–H groups in total. The quantitative estimate of drug-likeness (QED) is 0.334. The Morgan fingerprint density at radius 1 is 1.24 bits per heavy atom. The fraction of sp³-hybridized carbons (Fsp3) is 0.318. The Morgan fingerprint density at radius 3 is 2.59 bits per heavy atom. The first kappa shape index (κ1) is 25.2. The first-order valence-electron chi connectivity index (χ1n) is 10.3. The number of halogens is 3. The van der Waals surface area contributed by atoms with Crippen molar-refractivity contribution in [2.45, 2.75) is 43.6 Å². The van der Waals surface area contributed by atoms with Crippen LogP contribution in [0.4, 0.5) is 23.8 Å². The van der Waals surface area contributed by atoms with Gasteiger partial charge >= 0.3 is 17.3 Å². The van der Waals surface area contributed by atoms with Crippen LogP contribution in [-0.4, -0.2) is 37.4 Å². The lowest BCUT2D eigenvalue weighted by Gasteiger charge is -2.08. The second-order valence-electron chi connectivity index (χ2n) is 7.32. The lowest BCUT2D eigenvalue weighted by Crippen LogP contribution is -2.24. The number of amides is 1. The summed E-state index contributed by atoms with van der Waals surface area (Å²) in [6.07, 6.45) is 2.46. The van der Waals surface area contributed by atoms with Crippen molar-refractivity contribution in [3.63, 3.8) is 0 Å². The molecule has 0 fully saturated rings. The first-order chi connectivity index (χ1) is 16.1. The molecule has 0 atom stereocenters. The van der Waals surface area contributed by atoms with Crippen molar-refractivity contribution >= 4 is 23.7 Å². The molecule has 3 rings (SSSR count). The van der Waals surface area contributed by atoms with Crippen LogP contribution in [0.15, 0.2) is 52.3 Å². The number of benzene rings is 1. The van der Waals surface area contributed by atoms with E-state index < -0.39 is 17.3 Å². The van der Waals surface area contributed by atoms with Crippen LogP contribution in [0.1, 0.15) is 31.0 Å². The topological polar surface area (TPSA) is 98.4 Å². The van der Waals surface area contributed by atoms with Crippen LogP contribution in [0.3, 0.4) is 0 Å². The number of ether oxygens (including phenoxy) is 1. The summed E-state index contributed by atoms with van der Waals surface area (Å²) < 4.78 is 45.0. The average Bonchev–Trinajstić information content (AvgIpc) is 2.97. The number of unbranched alkanes of at least 4 members (excludes halogenated alkanes) is 1. The fourth-order valence-electron chi connectivity index (χ4n) is 3.13. The highest BCUT2D eigenvalue weighted by molar-refractivity contribution is 8.00. The fourth-order valence-corrected chi connectivity index (χ4v) is 3.67. The van der Waals surface area contributed by atoms with Crippen molar-refractivity contribution in [3.8, 4) is 11.6 Å². The number of hydrogen-bond donors (Lipinski definition) is 2. The Balaban J connectivity index is 1.80. The third kappa shape index (κ3) is 6.34. The molecule has 12 heteroatoms. The molecule has 2 heterocycles. The monoisotopic (exact) mass is 496 g/mol. The second-order valence-corrected chi connectivity index (χ2v) is 8.46. The van der Waals surface area contributed by atoms with E-state index in [1.54, 1.807) is 19.1 Å². The number of aromatic hydroxyl groups is 1. The number of carbonyl (C=O) groups is 1. The summed E-state index contributed by atoms with van der Waals surface area (Å²) in [5.74, 6) is -0.0840. The predicted octanol–water partition coefficient (Wildman–Crippen LogP) is 5.06. The number of rotatable bonds is 8. The maximum Gasteiger partial charge on any atom is 0.446 e. The summed E-state index contributed by atoms with van der Waals surface area (Å²) in [4.78, 5) is 28.9. The molecule has 1 aromatic carbocycles. The number of thioether (sulfide) groups is 1. The van der Waals surface area contributed by atoms with Gasteiger partial charge in [-0.15, -0.1) is 0 Å². The number of carbonyl (C=O) groups excluding carboxylic acids is 1. The summed E-state index contributed by atoms with van der Waals surface area (Å²) in [5.41, 5.74) is -3.88. The zero-order chi connectivity index (χ0) is 24.9. The summed E-state index contributed by atoms with van der Waals surface area (Å²) in [6.45, 7) is 3.88. The Kier molecular flexibility index (Phi) is 7.92. The molecule has 0 spiro atoms. The van der Waals surface area contributed by atoms with Gasteiger partial charge in [0.2, 0.25) is 5.88 Å². The van der Waals surface area contributed by atoms with Crippen LogP contribution < -0.4 is 11.0 Å². The van der Waals surface area contributed by atoms with Gasteiger partial charge in [-0.1, -0.05) is 13.3 Å². The Labute approximate surface area is 197 Å². The van der Waals surface area contributed by atoms with E-state index in [4.69, 9.17) is 4.74 Å². The summed E-state index contributed by atoms with van der Waals surface area (Å²) >= 11 is -0.266. The molecule has 0 bridgehead atoms. The van der Waals surface area contributed by atoms with E-state index in [-0.39, 0.29) is 46.3 Å². The van der Waals surface area contributed by atoms with Gasteiger partial charge in [-0.25, -0.2) is 19.1 Å². The first-order valence-corrected chi connectivity index (χ1v) is 11.2. The van der Waals surface area contributed by atoms with E-state index in [9.17, 15) is 27.9 Å². The van der Waals surface area contributed by atoms with E-state index in [0.29, 0.717) is 12.2 Å². The van der Waals surface area contributed by atoms with Gasteiger partial charge in [-0.2, -0.15) is 13.2 Å². The number of aromatic nitrogens is 3. The van der Waals surface area contributed by atoms with Crippen molar-refractivity contribution in [1.29, 1.82) is 0 Å². The van der Waals surface area contributed by atoms with Gasteiger partial charge in [-0.05, 0) is 67.1 Å². The summed E-state index contributed by atoms with van der Waals surface area (Å²) in [5, 5.41) is 13.1. The number of anilines is 1. The van der Waals surface area contributed by atoms with Gasteiger partial charge in [0.25, 0.3) is 0 Å². The van der Waals surface area contributed by atoms with Crippen LogP contribution in [0.25, 0.3) is 5.69 Å². The summed E-state index contributed by atoms with van der Waals surface area (Å²) in [7, 11) is 0. The molecule has 0 saturated heterocycles. The van der Waals surface area contributed by atoms with E-state index in [1.807, 2.05) is 6.92 Å². The molecule has 3 aromatic rings. The van der Waals surface area contributed by atoms with Crippen LogP contribution in [0.5, 0.6) is 5.88 Å². The van der Waals surface area contributed by atoms with Gasteiger partial charge in [-0.3, -0.25) is 9.88 Å². The van der Waals surface area contributed by atoms with Crippen LogP contribution in [0.2, 0.25) is 0 Å². The van der Waals surface area contributed by atoms with Crippen LogP contribution in [-0.2, 0) is 11.3 Å². The third-order valence-corrected chi connectivity index (χ3v) is 5.56. The van der Waals surface area contributed by atoms with Crippen LogP contribution in [0, 0.1) is 6.92 Å². The highest BCUT2D eigenvalue weighted by Crippen LogP contribution is 2.37. The molecular formula is C22H23F3N4O4S. The molecule has 0 unspecified atom stereocenters. The molecule has 182 valence electrons. The van der Waals surface area contributed by atoms with Crippen molar-refractivity contribution in [3.05, 3.63) is 64.3 Å². The SMILES string of the molecule is CCCCOC(=O)Nc1cc(Cn2c(C)c(O)n(-c3ccc(SC(F)(F)F)cc3)c2=O)ccn1. The van der Waals surface area contributed by atoms with E-state index in [1.165, 1.54) is 35.0 Å². The summed E-state index contributed by atoms with van der Waals surface area (Å²) in [6, 6.07) is 8.34.